The van der Waals surface area contributed by atoms with Gasteiger partial charge in [-0.1, -0.05) is 20.8 Å². The number of alkyl halides is 1. The highest BCUT2D eigenvalue weighted by Crippen LogP contribution is 2.37. The van der Waals surface area contributed by atoms with Crippen molar-refractivity contribution in [3.05, 3.63) is 0 Å². The third-order valence-electron chi connectivity index (χ3n) is 3.14. The van der Waals surface area contributed by atoms with Crippen LogP contribution >= 0.6 is 0 Å². The summed E-state index contributed by atoms with van der Waals surface area (Å²) in [6.07, 6.45) is -0.674. The van der Waals surface area contributed by atoms with Crippen molar-refractivity contribution < 1.29 is 18.3 Å². The number of esters is 1. The van der Waals surface area contributed by atoms with Crippen molar-refractivity contribution in [1.29, 1.82) is 0 Å². The van der Waals surface area contributed by atoms with Crippen LogP contribution in [0.15, 0.2) is 0 Å². The predicted molar refractivity (Wildman–Crippen MR) is 69.3 cm³/mol. The number of carbonyl (C=O) groups excluding carboxylic acids is 1. The minimum atomic E-state index is -2.03. The van der Waals surface area contributed by atoms with Crippen molar-refractivity contribution >= 4 is 14.3 Å². The molecule has 0 fully saturated rings. The highest BCUT2D eigenvalue weighted by molar-refractivity contribution is 6.74. The van der Waals surface area contributed by atoms with Crippen molar-refractivity contribution in [2.75, 3.05) is 13.3 Å². The first-order valence-corrected chi connectivity index (χ1v) is 8.94. The summed E-state index contributed by atoms with van der Waals surface area (Å²) in [5.41, 5.74) is 0. The molecule has 0 aromatic carbocycles. The minimum absolute atomic E-state index is 0.00312. The van der Waals surface area contributed by atoms with E-state index >= 15 is 0 Å². The van der Waals surface area contributed by atoms with E-state index in [4.69, 9.17) is 9.16 Å². The molecule has 0 aliphatic heterocycles. The molecule has 0 spiro atoms. The fraction of sp³-hybridized carbons (Fsp3) is 0.917. The Bertz CT molecular complexity index is 249. The van der Waals surface area contributed by atoms with E-state index in [9.17, 15) is 9.18 Å². The Balaban J connectivity index is 4.45. The lowest BCUT2D eigenvalue weighted by Gasteiger charge is -2.38. The molecule has 0 rings (SSSR count). The Kier molecular flexibility index (Phi) is 6.33. The molecule has 102 valence electrons. The SMILES string of the molecule is CCOC(=O)C[C@@H](CF)O[Si](C)(C)C(C)(C)C. The first-order valence-electron chi connectivity index (χ1n) is 6.03. The standard InChI is InChI=1S/C12H25FO3Si/c1-7-15-11(14)8-10(9-13)16-17(5,6)12(2,3)4/h10H,7-9H2,1-6H3/t10-/m0/s1. The van der Waals surface area contributed by atoms with Gasteiger partial charge in [-0.15, -0.1) is 0 Å². The lowest BCUT2D eigenvalue weighted by Crippen LogP contribution is -2.45. The fourth-order valence-corrected chi connectivity index (χ4v) is 2.46. The summed E-state index contributed by atoms with van der Waals surface area (Å²) >= 11 is 0. The Labute approximate surface area is 105 Å². The summed E-state index contributed by atoms with van der Waals surface area (Å²) in [7, 11) is -2.03. The molecule has 17 heavy (non-hydrogen) atoms. The summed E-state index contributed by atoms with van der Waals surface area (Å²) in [5.74, 6) is -0.395. The van der Waals surface area contributed by atoms with Crippen molar-refractivity contribution in [1.82, 2.24) is 0 Å². The third-order valence-corrected chi connectivity index (χ3v) is 7.67. The molecule has 0 saturated carbocycles. The van der Waals surface area contributed by atoms with E-state index in [0.29, 0.717) is 6.61 Å². The number of hydrogen-bond donors (Lipinski definition) is 0. The maximum Gasteiger partial charge on any atom is 0.308 e. The normalized spacial score (nSPS) is 14.5. The van der Waals surface area contributed by atoms with Crippen LogP contribution in [0.3, 0.4) is 0 Å². The number of carbonyl (C=O) groups is 1. The zero-order chi connectivity index (χ0) is 13.7. The Hall–Kier alpha value is -0.423. The Morgan fingerprint density at radius 2 is 1.88 bits per heavy atom. The third kappa shape index (κ3) is 5.63. The Morgan fingerprint density at radius 1 is 1.35 bits per heavy atom. The first kappa shape index (κ1) is 16.6. The maximum absolute atomic E-state index is 12.9. The molecule has 3 nitrogen and oxygen atoms in total. The highest BCUT2D eigenvalue weighted by Gasteiger charge is 2.39. The second-order valence-electron chi connectivity index (χ2n) is 5.66. The fourth-order valence-electron chi connectivity index (χ4n) is 1.13. The van der Waals surface area contributed by atoms with Gasteiger partial charge in [-0.25, -0.2) is 4.39 Å². The molecule has 0 N–H and O–H groups in total. The van der Waals surface area contributed by atoms with E-state index in [1.807, 2.05) is 13.1 Å². The van der Waals surface area contributed by atoms with Gasteiger partial charge in [0.15, 0.2) is 8.32 Å². The minimum Gasteiger partial charge on any atom is -0.466 e. The van der Waals surface area contributed by atoms with E-state index in [-0.39, 0.29) is 11.5 Å². The van der Waals surface area contributed by atoms with E-state index in [1.54, 1.807) is 6.92 Å². The van der Waals surface area contributed by atoms with Crippen LogP contribution in [-0.2, 0) is 14.0 Å². The van der Waals surface area contributed by atoms with E-state index in [2.05, 4.69) is 20.8 Å². The van der Waals surface area contributed by atoms with Crippen LogP contribution in [0.1, 0.15) is 34.1 Å². The molecule has 1 atom stereocenters. The molecule has 0 aromatic heterocycles. The number of ether oxygens (including phenoxy) is 1. The molecule has 0 unspecified atom stereocenters. The topological polar surface area (TPSA) is 35.5 Å². The van der Waals surface area contributed by atoms with Gasteiger partial charge >= 0.3 is 5.97 Å². The highest BCUT2D eigenvalue weighted by atomic mass is 28.4. The largest absolute Gasteiger partial charge is 0.466 e. The lowest BCUT2D eigenvalue weighted by atomic mass is 10.2. The monoisotopic (exact) mass is 264 g/mol. The summed E-state index contributed by atoms with van der Waals surface area (Å²) < 4.78 is 23.5. The van der Waals surface area contributed by atoms with Gasteiger partial charge in [0.1, 0.15) is 6.67 Å². The van der Waals surface area contributed by atoms with Crippen LogP contribution in [0.25, 0.3) is 0 Å². The van der Waals surface area contributed by atoms with Gasteiger partial charge in [0.2, 0.25) is 0 Å². The average Bonchev–Trinajstić information content (AvgIpc) is 2.14. The van der Waals surface area contributed by atoms with Gasteiger partial charge in [0.05, 0.1) is 19.1 Å². The molecule has 0 amide bonds. The molecule has 0 radical (unpaired) electrons. The maximum atomic E-state index is 12.9. The van der Waals surface area contributed by atoms with Crippen molar-refractivity contribution in [3.63, 3.8) is 0 Å². The lowest BCUT2D eigenvalue weighted by molar-refractivity contribution is -0.145. The second-order valence-corrected chi connectivity index (χ2v) is 10.4. The molecule has 0 aliphatic rings. The van der Waals surface area contributed by atoms with Crippen molar-refractivity contribution in [3.8, 4) is 0 Å². The zero-order valence-electron chi connectivity index (χ0n) is 11.8. The summed E-state index contributed by atoms with van der Waals surface area (Å²) in [4.78, 5) is 11.3. The van der Waals surface area contributed by atoms with E-state index in [0.717, 1.165) is 0 Å². The summed E-state index contributed by atoms with van der Waals surface area (Å²) in [6, 6.07) is 0. The van der Waals surface area contributed by atoms with Gasteiger partial charge in [-0.2, -0.15) is 0 Å². The van der Waals surface area contributed by atoms with Crippen LogP contribution < -0.4 is 0 Å². The first-order chi connectivity index (χ1) is 7.64. The molecule has 0 heterocycles. The van der Waals surface area contributed by atoms with Gasteiger partial charge in [-0.3, -0.25) is 4.79 Å². The van der Waals surface area contributed by atoms with Crippen LogP contribution in [0, 0.1) is 0 Å². The smallest absolute Gasteiger partial charge is 0.308 e. The van der Waals surface area contributed by atoms with Crippen LogP contribution in [0.2, 0.25) is 18.1 Å². The zero-order valence-corrected chi connectivity index (χ0v) is 12.8. The Morgan fingerprint density at radius 3 is 2.24 bits per heavy atom. The summed E-state index contributed by atoms with van der Waals surface area (Å²) in [6.45, 7) is 11.7. The molecule has 0 bridgehead atoms. The van der Waals surface area contributed by atoms with Crippen LogP contribution in [-0.4, -0.2) is 33.7 Å². The molecule has 0 saturated heterocycles. The van der Waals surface area contributed by atoms with Gasteiger partial charge in [0.25, 0.3) is 0 Å². The van der Waals surface area contributed by atoms with Crippen LogP contribution in [0.4, 0.5) is 4.39 Å². The molecular formula is C12H25FO3Si. The van der Waals surface area contributed by atoms with E-state index < -0.39 is 27.1 Å². The van der Waals surface area contributed by atoms with E-state index in [1.165, 1.54) is 0 Å². The average molecular weight is 264 g/mol. The van der Waals surface area contributed by atoms with Crippen molar-refractivity contribution in [2.24, 2.45) is 0 Å². The second kappa shape index (κ2) is 6.49. The number of rotatable bonds is 6. The van der Waals surface area contributed by atoms with Gasteiger partial charge in [-0.05, 0) is 25.1 Å². The molecule has 0 aliphatic carbocycles. The number of hydrogen-bond acceptors (Lipinski definition) is 3. The molecule has 0 aromatic rings. The van der Waals surface area contributed by atoms with Gasteiger partial charge < -0.3 is 9.16 Å². The van der Waals surface area contributed by atoms with Crippen LogP contribution in [0.5, 0.6) is 0 Å². The quantitative estimate of drug-likeness (QED) is 0.545. The van der Waals surface area contributed by atoms with Crippen molar-refractivity contribution in [2.45, 2.75) is 58.4 Å². The van der Waals surface area contributed by atoms with Gasteiger partial charge in [0, 0.05) is 0 Å². The molecular weight excluding hydrogens is 239 g/mol. The molecule has 5 heteroatoms. The predicted octanol–water partition coefficient (Wildman–Crippen LogP) is 3.30. The number of halogens is 1. The summed E-state index contributed by atoms with van der Waals surface area (Å²) in [5, 5.41) is 0.00901.